The van der Waals surface area contributed by atoms with Crippen LogP contribution >= 0.6 is 11.8 Å². The second kappa shape index (κ2) is 15.2. The first-order valence-electron chi connectivity index (χ1n) is 13.5. The SMILES string of the molecule is COc1ccc(/C=C(\NC(=O)c2ccccc2)C(=O)Nc2ccc(SCC(=O)Nc3ccc(C(C)=O)cc3)cc2)c(OC)c1. The molecule has 0 saturated carbocycles. The van der Waals surface area contributed by atoms with Crippen molar-refractivity contribution in [2.45, 2.75) is 11.8 Å². The molecular weight excluding hydrogens is 578 g/mol. The molecule has 0 aliphatic carbocycles. The normalized spacial score (nSPS) is 10.8. The van der Waals surface area contributed by atoms with Crippen LogP contribution < -0.4 is 25.4 Å². The third kappa shape index (κ3) is 8.83. The lowest BCUT2D eigenvalue weighted by molar-refractivity contribution is -0.114. The number of methoxy groups -OCH3 is 2. The summed E-state index contributed by atoms with van der Waals surface area (Å²) >= 11 is 1.33. The molecule has 3 N–H and O–H groups in total. The van der Waals surface area contributed by atoms with E-state index in [0.29, 0.717) is 39.6 Å². The fourth-order valence-corrected chi connectivity index (χ4v) is 4.70. The van der Waals surface area contributed by atoms with Crippen LogP contribution in [0.2, 0.25) is 0 Å². The van der Waals surface area contributed by atoms with E-state index in [1.165, 1.54) is 31.9 Å². The number of thioether (sulfide) groups is 1. The van der Waals surface area contributed by atoms with Crippen LogP contribution in [0, 0.1) is 0 Å². The Morgan fingerprint density at radius 1 is 0.750 bits per heavy atom. The van der Waals surface area contributed by atoms with Gasteiger partial charge in [0.25, 0.3) is 11.8 Å². The molecule has 0 aliphatic rings. The number of amides is 3. The quantitative estimate of drug-likeness (QED) is 0.102. The predicted molar refractivity (Wildman–Crippen MR) is 172 cm³/mol. The highest BCUT2D eigenvalue weighted by Gasteiger charge is 2.17. The van der Waals surface area contributed by atoms with E-state index in [-0.39, 0.29) is 23.1 Å². The molecule has 0 atom stereocenters. The van der Waals surface area contributed by atoms with Gasteiger partial charge in [0.1, 0.15) is 17.2 Å². The Morgan fingerprint density at radius 3 is 2.05 bits per heavy atom. The second-order valence-electron chi connectivity index (χ2n) is 9.43. The van der Waals surface area contributed by atoms with Gasteiger partial charge in [0.2, 0.25) is 5.91 Å². The molecule has 10 heteroatoms. The second-order valence-corrected chi connectivity index (χ2v) is 10.5. The van der Waals surface area contributed by atoms with E-state index in [4.69, 9.17) is 9.47 Å². The molecule has 3 amide bonds. The third-order valence-corrected chi connectivity index (χ3v) is 7.34. The molecule has 0 fully saturated rings. The zero-order chi connectivity index (χ0) is 31.5. The number of benzene rings is 4. The molecule has 4 aromatic carbocycles. The maximum absolute atomic E-state index is 13.4. The monoisotopic (exact) mass is 609 g/mol. The maximum atomic E-state index is 13.4. The lowest BCUT2D eigenvalue weighted by Gasteiger charge is -2.13. The number of anilines is 2. The minimum absolute atomic E-state index is 0.00813. The van der Waals surface area contributed by atoms with Crippen LogP contribution in [0.25, 0.3) is 6.08 Å². The smallest absolute Gasteiger partial charge is 0.272 e. The molecule has 0 aliphatic heterocycles. The van der Waals surface area contributed by atoms with Gasteiger partial charge in [-0.25, -0.2) is 0 Å². The fourth-order valence-electron chi connectivity index (χ4n) is 4.00. The van der Waals surface area contributed by atoms with Gasteiger partial charge in [-0.05, 0) is 85.8 Å². The average Bonchev–Trinajstić information content (AvgIpc) is 3.04. The number of nitrogens with one attached hydrogen (secondary N) is 3. The fraction of sp³-hybridized carbons (Fsp3) is 0.118. The summed E-state index contributed by atoms with van der Waals surface area (Å²) < 4.78 is 10.7. The van der Waals surface area contributed by atoms with Crippen LogP contribution in [0.4, 0.5) is 11.4 Å². The molecule has 4 aromatic rings. The predicted octanol–water partition coefficient (Wildman–Crippen LogP) is 6.05. The summed E-state index contributed by atoms with van der Waals surface area (Å²) in [5.74, 6) is -0.01000. The average molecular weight is 610 g/mol. The topological polar surface area (TPSA) is 123 Å². The highest BCUT2D eigenvalue weighted by atomic mass is 32.2. The zero-order valence-corrected chi connectivity index (χ0v) is 25.2. The summed E-state index contributed by atoms with van der Waals surface area (Å²) in [5, 5.41) is 8.33. The highest BCUT2D eigenvalue weighted by molar-refractivity contribution is 8.00. The summed E-state index contributed by atoms with van der Waals surface area (Å²) in [6, 6.07) is 27.4. The summed E-state index contributed by atoms with van der Waals surface area (Å²) in [7, 11) is 3.05. The van der Waals surface area contributed by atoms with Crippen molar-refractivity contribution < 1.29 is 28.7 Å². The van der Waals surface area contributed by atoms with Gasteiger partial charge >= 0.3 is 0 Å². The Balaban J connectivity index is 1.43. The Kier molecular flexibility index (Phi) is 10.9. The first-order chi connectivity index (χ1) is 21.2. The van der Waals surface area contributed by atoms with Crippen LogP contribution in [-0.2, 0) is 9.59 Å². The molecule has 4 rings (SSSR count). The minimum atomic E-state index is -0.539. The number of carbonyl (C=O) groups is 4. The Bertz CT molecular complexity index is 1670. The zero-order valence-electron chi connectivity index (χ0n) is 24.4. The number of carbonyl (C=O) groups excluding carboxylic acids is 4. The van der Waals surface area contributed by atoms with Gasteiger partial charge in [0.15, 0.2) is 5.78 Å². The van der Waals surface area contributed by atoms with Crippen molar-refractivity contribution in [1.82, 2.24) is 5.32 Å². The minimum Gasteiger partial charge on any atom is -0.497 e. The van der Waals surface area contributed by atoms with E-state index in [2.05, 4.69) is 16.0 Å². The van der Waals surface area contributed by atoms with E-state index >= 15 is 0 Å². The number of rotatable bonds is 12. The van der Waals surface area contributed by atoms with E-state index in [1.807, 2.05) is 0 Å². The third-order valence-electron chi connectivity index (χ3n) is 6.33. The Hall–Kier alpha value is -5.35. The molecule has 0 bridgehead atoms. The first-order valence-corrected chi connectivity index (χ1v) is 14.5. The Morgan fingerprint density at radius 2 is 1.41 bits per heavy atom. The summed E-state index contributed by atoms with van der Waals surface area (Å²) in [6.07, 6.45) is 1.53. The van der Waals surface area contributed by atoms with Gasteiger partial charge in [-0.3, -0.25) is 19.2 Å². The van der Waals surface area contributed by atoms with E-state index in [1.54, 1.807) is 104 Å². The van der Waals surface area contributed by atoms with Gasteiger partial charge in [0, 0.05) is 39.0 Å². The number of Topliss-reactive ketones (excluding diaryl/α,β-unsaturated/α-hetero) is 1. The number of hydrogen-bond donors (Lipinski definition) is 3. The van der Waals surface area contributed by atoms with Gasteiger partial charge in [0.05, 0.1) is 20.0 Å². The highest BCUT2D eigenvalue weighted by Crippen LogP contribution is 2.27. The van der Waals surface area contributed by atoms with E-state index in [9.17, 15) is 19.2 Å². The van der Waals surface area contributed by atoms with Crippen molar-refractivity contribution in [2.75, 3.05) is 30.6 Å². The van der Waals surface area contributed by atoms with Crippen LogP contribution in [0.1, 0.15) is 33.2 Å². The van der Waals surface area contributed by atoms with Crippen LogP contribution in [0.5, 0.6) is 11.5 Å². The van der Waals surface area contributed by atoms with Crippen molar-refractivity contribution in [3.63, 3.8) is 0 Å². The van der Waals surface area contributed by atoms with Crippen molar-refractivity contribution in [2.24, 2.45) is 0 Å². The number of ether oxygens (including phenoxy) is 2. The molecule has 0 saturated heterocycles. The molecule has 0 heterocycles. The molecule has 0 spiro atoms. The van der Waals surface area contributed by atoms with Gasteiger partial charge in [-0.15, -0.1) is 11.8 Å². The van der Waals surface area contributed by atoms with Crippen molar-refractivity contribution >= 4 is 52.7 Å². The van der Waals surface area contributed by atoms with Gasteiger partial charge in [-0.2, -0.15) is 0 Å². The van der Waals surface area contributed by atoms with Crippen LogP contribution in [0.3, 0.4) is 0 Å². The largest absolute Gasteiger partial charge is 0.497 e. The molecule has 0 aromatic heterocycles. The lowest BCUT2D eigenvalue weighted by atomic mass is 10.1. The standard InChI is InChI=1S/C34H31N3O6S/c1-22(38)23-9-12-26(13-10-23)35-32(39)21-44-29-17-14-27(15-18-29)36-34(41)30(37-33(40)24-7-5-4-6-8-24)19-25-11-16-28(42-2)20-31(25)43-3/h4-20H,21H2,1-3H3,(H,35,39)(H,36,41)(H,37,40)/b30-19-. The van der Waals surface area contributed by atoms with Gasteiger partial charge in [-0.1, -0.05) is 18.2 Å². The van der Waals surface area contributed by atoms with Gasteiger partial charge < -0.3 is 25.4 Å². The molecule has 0 unspecified atom stereocenters. The van der Waals surface area contributed by atoms with Crippen molar-refractivity contribution in [3.8, 4) is 11.5 Å². The molecule has 0 radical (unpaired) electrons. The van der Waals surface area contributed by atoms with E-state index in [0.717, 1.165) is 4.90 Å². The lowest BCUT2D eigenvalue weighted by Crippen LogP contribution is -2.30. The van der Waals surface area contributed by atoms with E-state index < -0.39 is 11.8 Å². The molecule has 9 nitrogen and oxygen atoms in total. The molecule has 44 heavy (non-hydrogen) atoms. The number of hydrogen-bond acceptors (Lipinski definition) is 7. The van der Waals surface area contributed by atoms with Crippen molar-refractivity contribution in [3.05, 3.63) is 119 Å². The Labute approximate surface area is 259 Å². The number of ketones is 1. The maximum Gasteiger partial charge on any atom is 0.272 e. The first kappa shape index (κ1) is 31.6. The molecular formula is C34H31N3O6S. The van der Waals surface area contributed by atoms with Crippen molar-refractivity contribution in [1.29, 1.82) is 0 Å². The summed E-state index contributed by atoms with van der Waals surface area (Å²) in [6.45, 7) is 1.49. The molecule has 224 valence electrons. The summed E-state index contributed by atoms with van der Waals surface area (Å²) in [4.78, 5) is 51.0. The van der Waals surface area contributed by atoms with Crippen LogP contribution in [0.15, 0.2) is 108 Å². The van der Waals surface area contributed by atoms with Crippen LogP contribution in [-0.4, -0.2) is 43.5 Å². The summed E-state index contributed by atoms with van der Waals surface area (Å²) in [5.41, 5.74) is 2.64.